The van der Waals surface area contributed by atoms with Crippen LogP contribution in [0.25, 0.3) is 0 Å². The van der Waals surface area contributed by atoms with Gasteiger partial charge in [-0.1, -0.05) is 6.07 Å². The number of benzene rings is 1. The third kappa shape index (κ3) is 1.61. The Kier molecular flexibility index (Phi) is 2.46. The Labute approximate surface area is 88.0 Å². The molecule has 2 rings (SSSR count). The van der Waals surface area contributed by atoms with E-state index in [1.807, 2.05) is 19.1 Å². The van der Waals surface area contributed by atoms with Crippen LogP contribution >= 0.6 is 0 Å². The fraction of sp³-hybridized carbons (Fsp3) is 0.250. The van der Waals surface area contributed by atoms with Crippen molar-refractivity contribution in [3.8, 4) is 5.75 Å². The number of carbonyl (C=O) groups is 1. The molecule has 0 radical (unpaired) electrons. The molecule has 1 aromatic carbocycles. The molecule has 1 aliphatic rings. The summed E-state index contributed by atoms with van der Waals surface area (Å²) in [7, 11) is 0. The fourth-order valence-corrected chi connectivity index (χ4v) is 1.74. The van der Waals surface area contributed by atoms with Gasteiger partial charge in [-0.2, -0.15) is 0 Å². The summed E-state index contributed by atoms with van der Waals surface area (Å²) in [6.45, 7) is 2.48. The maximum absolute atomic E-state index is 11.7. The molecule has 15 heavy (non-hydrogen) atoms. The van der Waals surface area contributed by atoms with Crippen LogP contribution in [0.3, 0.4) is 0 Å². The lowest BCUT2D eigenvalue weighted by molar-refractivity contribution is 0.103. The molecular weight excluding hydrogens is 192 g/mol. The molecule has 1 aromatic rings. The lowest BCUT2D eigenvalue weighted by Crippen LogP contribution is -1.97. The SMILES string of the molecule is CCOc1ccc2c(c1)C(=O)C(=CO)C2. The van der Waals surface area contributed by atoms with E-state index in [0.29, 0.717) is 29.9 Å². The Bertz CT molecular complexity index is 432. The first-order valence-electron chi connectivity index (χ1n) is 4.90. The van der Waals surface area contributed by atoms with E-state index in [1.165, 1.54) is 0 Å². The number of ether oxygens (including phenoxy) is 1. The molecule has 78 valence electrons. The number of ketones is 1. The van der Waals surface area contributed by atoms with Crippen LogP contribution < -0.4 is 4.74 Å². The predicted octanol–water partition coefficient (Wildman–Crippen LogP) is 2.27. The molecule has 0 saturated heterocycles. The highest BCUT2D eigenvalue weighted by Crippen LogP contribution is 2.29. The van der Waals surface area contributed by atoms with E-state index < -0.39 is 0 Å². The van der Waals surface area contributed by atoms with Crippen LogP contribution in [0, 0.1) is 0 Å². The standard InChI is InChI=1S/C12H12O3/c1-2-15-10-4-3-8-5-9(7-13)12(14)11(8)6-10/h3-4,6-7,13H,2,5H2,1H3. The van der Waals surface area contributed by atoms with E-state index in [1.54, 1.807) is 6.07 Å². The predicted molar refractivity (Wildman–Crippen MR) is 56.4 cm³/mol. The molecule has 1 aliphatic carbocycles. The van der Waals surface area contributed by atoms with Gasteiger partial charge in [0.1, 0.15) is 5.75 Å². The van der Waals surface area contributed by atoms with E-state index in [-0.39, 0.29) is 5.78 Å². The number of allylic oxidation sites excluding steroid dienone is 1. The molecule has 0 heterocycles. The Morgan fingerprint density at radius 3 is 3.00 bits per heavy atom. The minimum absolute atomic E-state index is 0.103. The normalized spacial score (nSPS) is 16.9. The summed E-state index contributed by atoms with van der Waals surface area (Å²) in [5, 5.41) is 8.87. The van der Waals surface area contributed by atoms with Crippen LogP contribution in [-0.4, -0.2) is 17.5 Å². The molecule has 0 bridgehead atoms. The van der Waals surface area contributed by atoms with E-state index in [9.17, 15) is 4.79 Å². The maximum atomic E-state index is 11.7. The lowest BCUT2D eigenvalue weighted by atomic mass is 10.1. The van der Waals surface area contributed by atoms with Gasteiger partial charge in [0.15, 0.2) is 5.78 Å². The number of hydrogen-bond acceptors (Lipinski definition) is 3. The topological polar surface area (TPSA) is 46.5 Å². The van der Waals surface area contributed by atoms with Gasteiger partial charge < -0.3 is 9.84 Å². The minimum atomic E-state index is -0.103. The highest BCUT2D eigenvalue weighted by molar-refractivity contribution is 6.13. The molecule has 0 spiro atoms. The summed E-state index contributed by atoms with van der Waals surface area (Å²) in [6.07, 6.45) is 1.40. The third-order valence-corrected chi connectivity index (χ3v) is 2.47. The van der Waals surface area contributed by atoms with Crippen molar-refractivity contribution < 1.29 is 14.6 Å². The molecule has 3 heteroatoms. The van der Waals surface area contributed by atoms with Crippen LogP contribution in [0.2, 0.25) is 0 Å². The first kappa shape index (κ1) is 9.77. The second-order valence-corrected chi connectivity index (χ2v) is 3.41. The maximum Gasteiger partial charge on any atom is 0.192 e. The van der Waals surface area contributed by atoms with E-state index in [0.717, 1.165) is 11.8 Å². The molecule has 0 amide bonds. The largest absolute Gasteiger partial charge is 0.515 e. The summed E-state index contributed by atoms with van der Waals surface area (Å²) < 4.78 is 5.31. The molecule has 0 unspecified atom stereocenters. The Morgan fingerprint density at radius 1 is 1.53 bits per heavy atom. The van der Waals surface area contributed by atoms with Gasteiger partial charge in [-0.25, -0.2) is 0 Å². The highest BCUT2D eigenvalue weighted by atomic mass is 16.5. The van der Waals surface area contributed by atoms with Crippen molar-refractivity contribution in [1.29, 1.82) is 0 Å². The lowest BCUT2D eigenvalue weighted by Gasteiger charge is -2.04. The number of Topliss-reactive ketones (excluding diaryl/α,β-unsaturated/α-hetero) is 1. The van der Waals surface area contributed by atoms with Crippen LogP contribution in [0.4, 0.5) is 0 Å². The van der Waals surface area contributed by atoms with Crippen molar-refractivity contribution in [2.24, 2.45) is 0 Å². The van der Waals surface area contributed by atoms with Crippen LogP contribution in [0.5, 0.6) is 5.75 Å². The number of fused-ring (bicyclic) bond motifs is 1. The molecule has 0 saturated carbocycles. The molecule has 0 atom stereocenters. The van der Waals surface area contributed by atoms with Gasteiger partial charge in [-0.3, -0.25) is 4.79 Å². The number of rotatable bonds is 2. The number of aliphatic hydroxyl groups is 1. The molecule has 1 N–H and O–H groups in total. The molecule has 0 fully saturated rings. The minimum Gasteiger partial charge on any atom is -0.515 e. The average Bonchev–Trinajstić information content (AvgIpc) is 2.56. The monoisotopic (exact) mass is 204 g/mol. The molecule has 3 nitrogen and oxygen atoms in total. The summed E-state index contributed by atoms with van der Waals surface area (Å²) >= 11 is 0. The van der Waals surface area contributed by atoms with Crippen molar-refractivity contribution in [3.05, 3.63) is 41.2 Å². The molecule has 0 aliphatic heterocycles. The third-order valence-electron chi connectivity index (χ3n) is 2.47. The second-order valence-electron chi connectivity index (χ2n) is 3.41. The van der Waals surface area contributed by atoms with Crippen molar-refractivity contribution in [2.75, 3.05) is 6.61 Å². The van der Waals surface area contributed by atoms with Crippen LogP contribution in [0.1, 0.15) is 22.8 Å². The Balaban J connectivity index is 2.40. The zero-order chi connectivity index (χ0) is 10.8. The van der Waals surface area contributed by atoms with Crippen LogP contribution in [0.15, 0.2) is 30.0 Å². The molecular formula is C12H12O3. The number of aliphatic hydroxyl groups excluding tert-OH is 1. The van der Waals surface area contributed by atoms with E-state index in [2.05, 4.69) is 0 Å². The van der Waals surface area contributed by atoms with Gasteiger partial charge in [0, 0.05) is 17.6 Å². The fourth-order valence-electron chi connectivity index (χ4n) is 1.74. The zero-order valence-electron chi connectivity index (χ0n) is 8.49. The van der Waals surface area contributed by atoms with Gasteiger partial charge in [0.25, 0.3) is 0 Å². The summed E-state index contributed by atoms with van der Waals surface area (Å²) in [4.78, 5) is 11.7. The number of carbonyl (C=O) groups excluding carboxylic acids is 1. The van der Waals surface area contributed by atoms with Crippen molar-refractivity contribution in [2.45, 2.75) is 13.3 Å². The average molecular weight is 204 g/mol. The first-order valence-corrected chi connectivity index (χ1v) is 4.90. The van der Waals surface area contributed by atoms with Gasteiger partial charge >= 0.3 is 0 Å². The number of hydrogen-bond donors (Lipinski definition) is 1. The Morgan fingerprint density at radius 2 is 2.33 bits per heavy atom. The summed E-state index contributed by atoms with van der Waals surface area (Å²) in [5.41, 5.74) is 2.03. The Hall–Kier alpha value is -1.77. The zero-order valence-corrected chi connectivity index (χ0v) is 8.49. The van der Waals surface area contributed by atoms with Gasteiger partial charge in [-0.15, -0.1) is 0 Å². The smallest absolute Gasteiger partial charge is 0.192 e. The van der Waals surface area contributed by atoms with E-state index in [4.69, 9.17) is 9.84 Å². The van der Waals surface area contributed by atoms with Gasteiger partial charge in [0.05, 0.1) is 12.9 Å². The second kappa shape index (κ2) is 3.77. The van der Waals surface area contributed by atoms with Crippen molar-refractivity contribution in [1.82, 2.24) is 0 Å². The molecule has 0 aromatic heterocycles. The summed E-state index contributed by atoms with van der Waals surface area (Å²) in [5.74, 6) is 0.595. The van der Waals surface area contributed by atoms with E-state index >= 15 is 0 Å². The highest BCUT2D eigenvalue weighted by Gasteiger charge is 2.25. The van der Waals surface area contributed by atoms with Crippen molar-refractivity contribution in [3.63, 3.8) is 0 Å². The van der Waals surface area contributed by atoms with Crippen LogP contribution in [-0.2, 0) is 6.42 Å². The van der Waals surface area contributed by atoms with Crippen molar-refractivity contribution >= 4 is 5.78 Å². The van der Waals surface area contributed by atoms with Gasteiger partial charge in [0.2, 0.25) is 0 Å². The summed E-state index contributed by atoms with van der Waals surface area (Å²) in [6, 6.07) is 5.45. The quantitative estimate of drug-likeness (QED) is 0.593. The van der Waals surface area contributed by atoms with Gasteiger partial charge in [-0.05, 0) is 24.6 Å². The first-order chi connectivity index (χ1) is 7.26.